The lowest BCUT2D eigenvalue weighted by Crippen LogP contribution is -2.20. The highest BCUT2D eigenvalue weighted by atomic mass is 16.3. The minimum atomic E-state index is -0.201. The Labute approximate surface area is 84.1 Å². The number of benzene rings is 1. The van der Waals surface area contributed by atoms with Gasteiger partial charge >= 0.3 is 0 Å². The Morgan fingerprint density at radius 1 is 1.29 bits per heavy atom. The average molecular weight is 192 g/mol. The Kier molecular flexibility index (Phi) is 2.33. The number of nitrogens with two attached hydrogens (primary N) is 1. The van der Waals surface area contributed by atoms with Gasteiger partial charge in [-0.25, -0.2) is 0 Å². The van der Waals surface area contributed by atoms with E-state index in [0.717, 1.165) is 24.5 Å². The number of anilines is 2. The molecule has 1 fully saturated rings. The Hall–Kier alpha value is -1.22. The molecule has 1 heterocycles. The van der Waals surface area contributed by atoms with Crippen LogP contribution in [0, 0.1) is 5.92 Å². The van der Waals surface area contributed by atoms with Crippen LogP contribution in [0.5, 0.6) is 0 Å². The fourth-order valence-electron chi connectivity index (χ4n) is 1.85. The van der Waals surface area contributed by atoms with Gasteiger partial charge in [0.1, 0.15) is 0 Å². The Balaban J connectivity index is 2.13. The van der Waals surface area contributed by atoms with Gasteiger partial charge in [0.25, 0.3) is 0 Å². The summed E-state index contributed by atoms with van der Waals surface area (Å²) in [7, 11) is 0. The molecule has 1 saturated heterocycles. The summed E-state index contributed by atoms with van der Waals surface area (Å²) in [5.74, 6) is 0.354. The molecule has 1 aromatic carbocycles. The molecule has 1 aromatic rings. The topological polar surface area (TPSA) is 49.5 Å². The average Bonchev–Trinajstić information content (AvgIpc) is 2.48. The predicted octanol–water partition coefficient (Wildman–Crippen LogP) is 1.09. The summed E-state index contributed by atoms with van der Waals surface area (Å²) in [5, 5.41) is 9.62. The molecule has 1 aliphatic heterocycles. The van der Waals surface area contributed by atoms with E-state index in [9.17, 15) is 5.11 Å². The summed E-state index contributed by atoms with van der Waals surface area (Å²) in [5.41, 5.74) is 7.53. The summed E-state index contributed by atoms with van der Waals surface area (Å²) in [6.07, 6.45) is -0.201. The highest BCUT2D eigenvalue weighted by Crippen LogP contribution is 2.24. The lowest BCUT2D eigenvalue weighted by Gasteiger charge is -2.17. The van der Waals surface area contributed by atoms with E-state index in [0.29, 0.717) is 5.92 Å². The first kappa shape index (κ1) is 9.34. The van der Waals surface area contributed by atoms with Crippen molar-refractivity contribution in [1.82, 2.24) is 0 Å². The molecule has 3 heteroatoms. The summed E-state index contributed by atoms with van der Waals surface area (Å²) < 4.78 is 0. The van der Waals surface area contributed by atoms with E-state index < -0.39 is 0 Å². The van der Waals surface area contributed by atoms with Crippen molar-refractivity contribution in [2.45, 2.75) is 13.0 Å². The van der Waals surface area contributed by atoms with Gasteiger partial charge in [0.2, 0.25) is 0 Å². The molecule has 1 aliphatic rings. The lowest BCUT2D eigenvalue weighted by atomic mass is 10.1. The number of nitrogen functional groups attached to an aromatic ring is 1. The zero-order valence-electron chi connectivity index (χ0n) is 8.35. The molecule has 2 atom stereocenters. The van der Waals surface area contributed by atoms with Gasteiger partial charge in [-0.05, 0) is 24.3 Å². The maximum atomic E-state index is 9.62. The van der Waals surface area contributed by atoms with Gasteiger partial charge in [-0.3, -0.25) is 0 Å². The van der Waals surface area contributed by atoms with Gasteiger partial charge in [0.15, 0.2) is 0 Å². The van der Waals surface area contributed by atoms with E-state index in [2.05, 4.69) is 11.8 Å². The number of hydrogen-bond acceptors (Lipinski definition) is 3. The monoisotopic (exact) mass is 192 g/mol. The minimum Gasteiger partial charge on any atom is -0.399 e. The molecular weight excluding hydrogens is 176 g/mol. The molecule has 14 heavy (non-hydrogen) atoms. The number of aliphatic hydroxyl groups is 1. The van der Waals surface area contributed by atoms with Crippen LogP contribution in [0.15, 0.2) is 24.3 Å². The third-order valence-electron chi connectivity index (χ3n) is 2.83. The summed E-state index contributed by atoms with van der Waals surface area (Å²) >= 11 is 0. The molecule has 0 aliphatic carbocycles. The van der Waals surface area contributed by atoms with Crippen molar-refractivity contribution < 1.29 is 5.11 Å². The lowest BCUT2D eigenvalue weighted by molar-refractivity contribution is 0.157. The maximum Gasteiger partial charge on any atom is 0.0757 e. The Morgan fingerprint density at radius 3 is 2.43 bits per heavy atom. The molecular formula is C11H16N2O. The van der Waals surface area contributed by atoms with E-state index in [1.165, 1.54) is 0 Å². The van der Waals surface area contributed by atoms with Crippen molar-refractivity contribution in [1.29, 1.82) is 0 Å². The van der Waals surface area contributed by atoms with Gasteiger partial charge in [-0.15, -0.1) is 0 Å². The number of hydrogen-bond donors (Lipinski definition) is 2. The second kappa shape index (κ2) is 3.50. The molecule has 3 N–H and O–H groups in total. The van der Waals surface area contributed by atoms with Crippen molar-refractivity contribution in [3.05, 3.63) is 24.3 Å². The molecule has 0 bridgehead atoms. The molecule has 0 amide bonds. The van der Waals surface area contributed by atoms with Gasteiger partial charge < -0.3 is 15.7 Å². The molecule has 0 radical (unpaired) electrons. The highest BCUT2D eigenvalue weighted by Gasteiger charge is 2.27. The van der Waals surface area contributed by atoms with E-state index in [-0.39, 0.29) is 6.10 Å². The minimum absolute atomic E-state index is 0.201. The molecule has 76 valence electrons. The van der Waals surface area contributed by atoms with Gasteiger partial charge in [0.05, 0.1) is 6.10 Å². The predicted molar refractivity (Wildman–Crippen MR) is 58.2 cm³/mol. The second-order valence-corrected chi connectivity index (χ2v) is 4.04. The van der Waals surface area contributed by atoms with Gasteiger partial charge in [-0.1, -0.05) is 6.92 Å². The van der Waals surface area contributed by atoms with Crippen LogP contribution in [0.2, 0.25) is 0 Å². The van der Waals surface area contributed by atoms with Crippen LogP contribution < -0.4 is 10.6 Å². The van der Waals surface area contributed by atoms with Crippen molar-refractivity contribution in [2.75, 3.05) is 23.7 Å². The fraction of sp³-hybridized carbons (Fsp3) is 0.455. The molecule has 3 nitrogen and oxygen atoms in total. The van der Waals surface area contributed by atoms with Crippen LogP contribution in [0.25, 0.3) is 0 Å². The zero-order chi connectivity index (χ0) is 10.1. The zero-order valence-corrected chi connectivity index (χ0v) is 8.35. The molecule has 0 saturated carbocycles. The highest BCUT2D eigenvalue weighted by molar-refractivity contribution is 5.53. The van der Waals surface area contributed by atoms with Crippen molar-refractivity contribution >= 4 is 11.4 Å². The maximum absolute atomic E-state index is 9.62. The molecule has 2 rings (SSSR count). The van der Waals surface area contributed by atoms with Crippen LogP contribution in [0.1, 0.15) is 6.92 Å². The van der Waals surface area contributed by atoms with E-state index >= 15 is 0 Å². The summed E-state index contributed by atoms with van der Waals surface area (Å²) in [4.78, 5) is 2.19. The summed E-state index contributed by atoms with van der Waals surface area (Å²) in [6, 6.07) is 7.79. The number of nitrogens with zero attached hydrogens (tertiary/aromatic N) is 1. The van der Waals surface area contributed by atoms with Crippen molar-refractivity contribution in [3.63, 3.8) is 0 Å². The normalized spacial score (nSPS) is 26.9. The Morgan fingerprint density at radius 2 is 1.93 bits per heavy atom. The number of β-amino-alcohol motifs (C(OH)–C–C–N with tert-alkyl or cyclic N) is 1. The smallest absolute Gasteiger partial charge is 0.0757 e. The second-order valence-electron chi connectivity index (χ2n) is 4.04. The molecule has 0 aromatic heterocycles. The van der Waals surface area contributed by atoms with Gasteiger partial charge in [-0.2, -0.15) is 0 Å². The van der Waals surface area contributed by atoms with Crippen LogP contribution in [0.4, 0.5) is 11.4 Å². The third kappa shape index (κ3) is 1.68. The standard InChI is InChI=1S/C11H16N2O/c1-8-6-13(7-11(8)14)10-4-2-9(12)3-5-10/h2-5,8,11,14H,6-7,12H2,1H3/t8-,11-/m1/s1. The quantitative estimate of drug-likeness (QED) is 0.655. The summed E-state index contributed by atoms with van der Waals surface area (Å²) in [6.45, 7) is 3.72. The van der Waals surface area contributed by atoms with E-state index in [1.807, 2.05) is 24.3 Å². The SMILES string of the molecule is C[C@@H]1CN(c2ccc(N)cc2)C[C@H]1O. The van der Waals surface area contributed by atoms with Crippen LogP contribution in [-0.4, -0.2) is 24.3 Å². The first-order valence-corrected chi connectivity index (χ1v) is 4.95. The van der Waals surface area contributed by atoms with Crippen LogP contribution >= 0.6 is 0 Å². The van der Waals surface area contributed by atoms with Crippen LogP contribution in [-0.2, 0) is 0 Å². The largest absolute Gasteiger partial charge is 0.399 e. The fourth-order valence-corrected chi connectivity index (χ4v) is 1.85. The first-order chi connectivity index (χ1) is 6.66. The van der Waals surface area contributed by atoms with Crippen molar-refractivity contribution in [3.8, 4) is 0 Å². The van der Waals surface area contributed by atoms with Crippen LogP contribution in [0.3, 0.4) is 0 Å². The molecule has 0 unspecified atom stereocenters. The van der Waals surface area contributed by atoms with Gasteiger partial charge in [0, 0.05) is 30.4 Å². The Bertz CT molecular complexity index is 300. The van der Waals surface area contributed by atoms with E-state index in [1.54, 1.807) is 0 Å². The molecule has 0 spiro atoms. The number of rotatable bonds is 1. The van der Waals surface area contributed by atoms with Crippen molar-refractivity contribution in [2.24, 2.45) is 5.92 Å². The van der Waals surface area contributed by atoms with E-state index in [4.69, 9.17) is 5.73 Å². The third-order valence-corrected chi connectivity index (χ3v) is 2.83. The first-order valence-electron chi connectivity index (χ1n) is 4.95. The number of aliphatic hydroxyl groups excluding tert-OH is 1.